The van der Waals surface area contributed by atoms with Gasteiger partial charge in [-0.15, -0.1) is 0 Å². The van der Waals surface area contributed by atoms with Crippen LogP contribution < -0.4 is 5.32 Å². The average molecular weight is 653 g/mol. The van der Waals surface area contributed by atoms with Crippen molar-refractivity contribution >= 4 is 28.9 Å². The number of hydrogen-bond donors (Lipinski definition) is 2. The van der Waals surface area contributed by atoms with Gasteiger partial charge in [0, 0.05) is 54.5 Å². The molecule has 0 spiro atoms. The number of rotatable bonds is 11. The maximum atomic E-state index is 16.0. The van der Waals surface area contributed by atoms with Crippen LogP contribution in [0, 0.1) is 17.2 Å². The number of anilines is 1. The van der Waals surface area contributed by atoms with Crippen molar-refractivity contribution in [3.63, 3.8) is 0 Å². The average Bonchev–Trinajstić information content (AvgIpc) is 3.50. The summed E-state index contributed by atoms with van der Waals surface area (Å²) in [5.74, 6) is 1.05. The summed E-state index contributed by atoms with van der Waals surface area (Å²) in [4.78, 5) is 14.6. The molecule has 248 valence electrons. The molecule has 47 heavy (non-hydrogen) atoms. The van der Waals surface area contributed by atoms with Gasteiger partial charge in [0.25, 0.3) is 0 Å². The summed E-state index contributed by atoms with van der Waals surface area (Å²) in [6, 6.07) is 12.3. The van der Waals surface area contributed by atoms with Gasteiger partial charge in [-0.3, -0.25) is 0 Å². The van der Waals surface area contributed by atoms with Crippen molar-refractivity contribution < 1.29 is 4.39 Å². The van der Waals surface area contributed by atoms with E-state index in [2.05, 4.69) is 115 Å². The Morgan fingerprint density at radius 1 is 1.28 bits per heavy atom. The lowest BCUT2D eigenvalue weighted by Crippen LogP contribution is -2.41. The van der Waals surface area contributed by atoms with Crippen LogP contribution in [0.2, 0.25) is 0 Å². The standard InChI is InChI=1S/C39H49FN6S/c1-9-38(5,39(6)22-30(39)23-44(7)8)29-15-13-27(14-16-29)28-20-31-26(4)46(24-32(31)33(40)21-28)35(36(47)43-37-41-17-18-42-37)25(3)34-12-11-19-45(34)10-2/h10,13-18,20-21,30,35H,2,4,9,11-12,19,22-24H2,1,3,5-8H3,(H2,41,42,43,47)/b34-25+. The lowest BCUT2D eigenvalue weighted by Gasteiger charge is -2.38. The Balaban J connectivity index is 1.30. The molecule has 3 aliphatic rings. The monoisotopic (exact) mass is 652 g/mol. The third-order valence-corrected chi connectivity index (χ3v) is 11.9. The number of H-pyrrole nitrogens is 1. The van der Waals surface area contributed by atoms with Crippen molar-refractivity contribution in [2.75, 3.05) is 32.5 Å². The molecule has 8 heteroatoms. The Labute approximate surface area is 285 Å². The van der Waals surface area contributed by atoms with Crippen molar-refractivity contribution in [3.05, 3.63) is 102 Å². The number of imidazole rings is 1. The zero-order valence-corrected chi connectivity index (χ0v) is 29.6. The maximum absolute atomic E-state index is 16.0. The summed E-state index contributed by atoms with van der Waals surface area (Å²) in [6.07, 6.45) is 9.64. The molecule has 6 rings (SSSR count). The maximum Gasteiger partial charge on any atom is 0.205 e. The molecule has 1 saturated carbocycles. The Morgan fingerprint density at radius 3 is 2.66 bits per heavy atom. The van der Waals surface area contributed by atoms with E-state index in [1.54, 1.807) is 18.5 Å². The lowest BCUT2D eigenvalue weighted by atomic mass is 9.67. The minimum atomic E-state index is -0.334. The number of likely N-dealkylation sites (tertiary alicyclic amines) is 1. The molecule has 2 fully saturated rings. The zero-order chi connectivity index (χ0) is 33.7. The number of fused-ring (bicyclic) bond motifs is 1. The van der Waals surface area contributed by atoms with Gasteiger partial charge in [0.1, 0.15) is 16.8 Å². The van der Waals surface area contributed by atoms with Crippen LogP contribution >= 0.6 is 12.2 Å². The van der Waals surface area contributed by atoms with E-state index in [4.69, 9.17) is 12.2 Å². The molecule has 4 unspecified atom stereocenters. The van der Waals surface area contributed by atoms with Crippen molar-refractivity contribution in [1.29, 1.82) is 0 Å². The number of halogens is 1. The highest BCUT2D eigenvalue weighted by molar-refractivity contribution is 7.80. The van der Waals surface area contributed by atoms with Crippen molar-refractivity contribution in [2.45, 2.75) is 71.4 Å². The summed E-state index contributed by atoms with van der Waals surface area (Å²) in [7, 11) is 4.33. The van der Waals surface area contributed by atoms with Gasteiger partial charge in [0.2, 0.25) is 5.95 Å². The minimum Gasteiger partial charge on any atom is -0.354 e. The summed E-state index contributed by atoms with van der Waals surface area (Å²) < 4.78 is 16.0. The normalized spacial score (nSPS) is 23.5. The van der Waals surface area contributed by atoms with Gasteiger partial charge in [-0.05, 0) is 104 Å². The summed E-state index contributed by atoms with van der Waals surface area (Å²) in [5, 5.41) is 3.29. The van der Waals surface area contributed by atoms with Crippen LogP contribution in [-0.4, -0.2) is 62.9 Å². The number of thiocarbonyl (C=S) groups is 1. The molecule has 6 nitrogen and oxygen atoms in total. The highest BCUT2D eigenvalue weighted by Gasteiger charge is 2.60. The van der Waals surface area contributed by atoms with Gasteiger partial charge >= 0.3 is 0 Å². The van der Waals surface area contributed by atoms with Crippen molar-refractivity contribution in [1.82, 2.24) is 24.7 Å². The van der Waals surface area contributed by atoms with E-state index in [0.717, 1.165) is 60.3 Å². The van der Waals surface area contributed by atoms with Crippen LogP contribution in [-0.2, 0) is 12.0 Å². The molecular weight excluding hydrogens is 604 g/mol. The predicted octanol–water partition coefficient (Wildman–Crippen LogP) is 8.58. The Kier molecular flexibility index (Phi) is 8.96. The molecule has 1 aromatic heterocycles. The first-order valence-corrected chi connectivity index (χ1v) is 17.3. The first-order chi connectivity index (χ1) is 22.4. The SMILES string of the molecule is C=CN1CCC/C1=C(/C)C(C(=S)Nc1ncc[nH]1)N1Cc2c(F)cc(-c3ccc(C(C)(CC)C4(C)CC4CN(C)C)cc3)cc2C1=C. The van der Waals surface area contributed by atoms with Crippen molar-refractivity contribution in [2.24, 2.45) is 11.3 Å². The highest BCUT2D eigenvalue weighted by atomic mass is 32.1. The minimum absolute atomic E-state index is 0.0775. The molecule has 1 aliphatic carbocycles. The number of benzene rings is 2. The fourth-order valence-corrected chi connectivity index (χ4v) is 8.66. The fourth-order valence-electron chi connectivity index (χ4n) is 8.26. The summed E-state index contributed by atoms with van der Waals surface area (Å²) in [6.45, 7) is 20.3. The third-order valence-electron chi connectivity index (χ3n) is 11.5. The molecule has 3 heterocycles. The number of allylic oxidation sites excluding steroid dienone is 1. The van der Waals surface area contributed by atoms with E-state index < -0.39 is 0 Å². The van der Waals surface area contributed by atoms with Gasteiger partial charge < -0.3 is 25.0 Å². The molecule has 0 amide bonds. The second-order valence-electron chi connectivity index (χ2n) is 14.3. The van der Waals surface area contributed by atoms with E-state index in [9.17, 15) is 0 Å². The molecule has 2 N–H and O–H groups in total. The quantitative estimate of drug-likeness (QED) is 0.203. The first-order valence-electron chi connectivity index (χ1n) is 16.8. The molecule has 4 atom stereocenters. The Morgan fingerprint density at radius 2 is 2.02 bits per heavy atom. The predicted molar refractivity (Wildman–Crippen MR) is 196 cm³/mol. The van der Waals surface area contributed by atoms with E-state index >= 15 is 4.39 Å². The van der Waals surface area contributed by atoms with Crippen LogP contribution in [0.4, 0.5) is 10.3 Å². The third kappa shape index (κ3) is 5.84. The van der Waals surface area contributed by atoms with E-state index in [0.29, 0.717) is 29.0 Å². The van der Waals surface area contributed by atoms with Crippen molar-refractivity contribution in [3.8, 4) is 11.1 Å². The van der Waals surface area contributed by atoms with Crippen LogP contribution in [0.1, 0.15) is 70.1 Å². The second-order valence-corrected chi connectivity index (χ2v) is 14.8. The number of nitrogens with zero attached hydrogens (tertiary/aromatic N) is 4. The topological polar surface area (TPSA) is 50.4 Å². The molecule has 2 aliphatic heterocycles. The highest BCUT2D eigenvalue weighted by Crippen LogP contribution is 2.65. The van der Waals surface area contributed by atoms with E-state index in [1.165, 1.54) is 17.7 Å². The van der Waals surface area contributed by atoms with Crippen LogP contribution in [0.25, 0.3) is 16.8 Å². The van der Waals surface area contributed by atoms with Gasteiger partial charge in [0.15, 0.2) is 0 Å². The summed E-state index contributed by atoms with van der Waals surface area (Å²) >= 11 is 6.03. The number of aromatic amines is 1. The molecule has 1 saturated heterocycles. The van der Waals surface area contributed by atoms with Crippen LogP contribution in [0.15, 0.2) is 79.4 Å². The van der Waals surface area contributed by atoms with E-state index in [-0.39, 0.29) is 22.7 Å². The molecule has 3 aromatic rings. The molecular formula is C39H49FN6S. The number of aromatic nitrogens is 2. The van der Waals surface area contributed by atoms with Gasteiger partial charge in [-0.2, -0.15) is 0 Å². The molecule has 0 bridgehead atoms. The first kappa shape index (κ1) is 33.2. The molecule has 2 aromatic carbocycles. The lowest BCUT2D eigenvalue weighted by molar-refractivity contribution is 0.235. The number of nitrogens with one attached hydrogen (secondary N) is 2. The van der Waals surface area contributed by atoms with Crippen LogP contribution in [0.5, 0.6) is 0 Å². The van der Waals surface area contributed by atoms with E-state index in [1.807, 2.05) is 6.20 Å². The van der Waals surface area contributed by atoms with Crippen LogP contribution in [0.3, 0.4) is 0 Å². The fraction of sp³-hybridized carbons (Fsp3) is 0.436. The molecule has 0 radical (unpaired) electrons. The van der Waals surface area contributed by atoms with Gasteiger partial charge in [0.05, 0.1) is 0 Å². The zero-order valence-electron chi connectivity index (χ0n) is 28.8. The Hall–Kier alpha value is -3.75. The van der Waals surface area contributed by atoms with Gasteiger partial charge in [-0.25, -0.2) is 9.37 Å². The summed E-state index contributed by atoms with van der Waals surface area (Å²) in [5.41, 5.74) is 8.11. The smallest absolute Gasteiger partial charge is 0.205 e. The Bertz CT molecular complexity index is 1710. The van der Waals surface area contributed by atoms with Gasteiger partial charge in [-0.1, -0.05) is 70.4 Å². The second kappa shape index (κ2) is 12.7. The number of hydrogen-bond acceptors (Lipinski definition) is 5. The largest absolute Gasteiger partial charge is 0.354 e.